The average Bonchev–Trinajstić information content (AvgIpc) is 2.55. The van der Waals surface area contributed by atoms with Crippen molar-refractivity contribution in [2.45, 2.75) is 20.3 Å². The van der Waals surface area contributed by atoms with Gasteiger partial charge >= 0.3 is 0 Å². The minimum atomic E-state index is -0.272. The molecule has 6 nitrogen and oxygen atoms in total. The lowest BCUT2D eigenvalue weighted by molar-refractivity contribution is 0.102. The summed E-state index contributed by atoms with van der Waals surface area (Å²) in [5.41, 5.74) is 1.01. The molecule has 0 spiro atoms. The molecule has 0 bridgehead atoms. The van der Waals surface area contributed by atoms with E-state index >= 15 is 0 Å². The topological polar surface area (TPSA) is 76.1 Å². The minimum absolute atomic E-state index is 0.272. The molecule has 0 unspecified atom stereocenters. The van der Waals surface area contributed by atoms with E-state index in [2.05, 4.69) is 27.5 Å². The van der Waals surface area contributed by atoms with Crippen molar-refractivity contribution in [1.29, 1.82) is 0 Å². The van der Waals surface area contributed by atoms with E-state index < -0.39 is 0 Å². The van der Waals surface area contributed by atoms with Crippen molar-refractivity contribution in [3.05, 3.63) is 42.4 Å². The van der Waals surface area contributed by atoms with Gasteiger partial charge in [-0.3, -0.25) is 4.79 Å². The van der Waals surface area contributed by atoms with E-state index in [0.717, 1.165) is 18.7 Å². The summed E-state index contributed by atoms with van der Waals surface area (Å²) in [6.45, 7) is 5.40. The lowest BCUT2D eigenvalue weighted by Gasteiger charge is -2.08. The molecule has 1 amide bonds. The highest BCUT2D eigenvalue weighted by molar-refractivity contribution is 6.03. The van der Waals surface area contributed by atoms with Gasteiger partial charge in [-0.2, -0.15) is 0 Å². The van der Waals surface area contributed by atoms with E-state index in [4.69, 9.17) is 4.74 Å². The van der Waals surface area contributed by atoms with Gasteiger partial charge in [0, 0.05) is 18.3 Å². The average molecular weight is 300 g/mol. The summed E-state index contributed by atoms with van der Waals surface area (Å²) >= 11 is 0. The molecule has 1 aromatic heterocycles. The lowest BCUT2D eigenvalue weighted by Crippen LogP contribution is -2.14. The van der Waals surface area contributed by atoms with Crippen LogP contribution in [0, 0.1) is 0 Å². The molecule has 22 heavy (non-hydrogen) atoms. The van der Waals surface area contributed by atoms with Crippen molar-refractivity contribution in [3.63, 3.8) is 0 Å². The second-order valence-corrected chi connectivity index (χ2v) is 4.63. The van der Waals surface area contributed by atoms with Crippen molar-refractivity contribution >= 4 is 17.4 Å². The van der Waals surface area contributed by atoms with Gasteiger partial charge in [0.15, 0.2) is 0 Å². The molecule has 0 radical (unpaired) electrons. The maximum atomic E-state index is 12.2. The Morgan fingerprint density at radius 3 is 2.64 bits per heavy atom. The molecule has 2 N–H and O–H groups in total. The van der Waals surface area contributed by atoms with Crippen LogP contribution in [0.25, 0.3) is 0 Å². The molecule has 0 fully saturated rings. The SMILES string of the molecule is CCCNc1cc(C(=O)Nc2ccc(OCC)cc2)ncn1. The maximum Gasteiger partial charge on any atom is 0.274 e. The van der Waals surface area contributed by atoms with E-state index in [0.29, 0.717) is 23.8 Å². The van der Waals surface area contributed by atoms with Crippen LogP contribution in [-0.4, -0.2) is 29.0 Å². The zero-order valence-electron chi connectivity index (χ0n) is 12.8. The number of carbonyl (C=O) groups excluding carboxylic acids is 1. The Balaban J connectivity index is 2.02. The molecule has 0 aliphatic rings. The van der Waals surface area contributed by atoms with Crippen LogP contribution in [0.3, 0.4) is 0 Å². The third-order valence-corrected chi connectivity index (χ3v) is 2.88. The van der Waals surface area contributed by atoms with Crippen LogP contribution in [0.15, 0.2) is 36.7 Å². The van der Waals surface area contributed by atoms with Crippen LogP contribution < -0.4 is 15.4 Å². The molecule has 1 heterocycles. The largest absolute Gasteiger partial charge is 0.494 e. The second-order valence-electron chi connectivity index (χ2n) is 4.63. The number of hydrogen-bond donors (Lipinski definition) is 2. The number of nitrogens with one attached hydrogen (secondary N) is 2. The van der Waals surface area contributed by atoms with Gasteiger partial charge < -0.3 is 15.4 Å². The number of aromatic nitrogens is 2. The summed E-state index contributed by atoms with van der Waals surface area (Å²) in [7, 11) is 0. The Morgan fingerprint density at radius 1 is 1.18 bits per heavy atom. The molecule has 116 valence electrons. The fourth-order valence-electron chi connectivity index (χ4n) is 1.83. The number of rotatable bonds is 7. The Bertz CT molecular complexity index is 614. The van der Waals surface area contributed by atoms with Crippen molar-refractivity contribution in [2.75, 3.05) is 23.8 Å². The zero-order chi connectivity index (χ0) is 15.8. The van der Waals surface area contributed by atoms with Crippen LogP contribution in [0.5, 0.6) is 5.75 Å². The van der Waals surface area contributed by atoms with Gasteiger partial charge in [-0.05, 0) is 37.6 Å². The van der Waals surface area contributed by atoms with Crippen molar-refractivity contribution < 1.29 is 9.53 Å². The van der Waals surface area contributed by atoms with Gasteiger partial charge in [0.2, 0.25) is 0 Å². The smallest absolute Gasteiger partial charge is 0.274 e. The predicted octanol–water partition coefficient (Wildman–Crippen LogP) is 2.95. The van der Waals surface area contributed by atoms with E-state index in [1.165, 1.54) is 6.33 Å². The van der Waals surface area contributed by atoms with E-state index in [-0.39, 0.29) is 5.91 Å². The molecule has 1 aromatic carbocycles. The lowest BCUT2D eigenvalue weighted by atomic mass is 10.3. The number of carbonyl (C=O) groups is 1. The first-order valence-electron chi connectivity index (χ1n) is 7.33. The number of ether oxygens (including phenoxy) is 1. The normalized spacial score (nSPS) is 10.1. The summed E-state index contributed by atoms with van der Waals surface area (Å²) in [6.07, 6.45) is 2.36. The standard InChI is InChI=1S/C16H20N4O2/c1-3-9-17-15-10-14(18-11-19-15)16(21)20-12-5-7-13(8-6-12)22-4-2/h5-8,10-11H,3-4,9H2,1-2H3,(H,20,21)(H,17,18,19). The number of benzene rings is 1. The third kappa shape index (κ3) is 4.44. The van der Waals surface area contributed by atoms with Gasteiger partial charge in [-0.1, -0.05) is 6.92 Å². The highest BCUT2D eigenvalue weighted by atomic mass is 16.5. The van der Waals surface area contributed by atoms with Gasteiger partial charge in [0.05, 0.1) is 6.61 Å². The monoisotopic (exact) mass is 300 g/mol. The van der Waals surface area contributed by atoms with Gasteiger partial charge in [0.25, 0.3) is 5.91 Å². The van der Waals surface area contributed by atoms with Crippen LogP contribution in [0.2, 0.25) is 0 Å². The Hall–Kier alpha value is -2.63. The molecular formula is C16H20N4O2. The quantitative estimate of drug-likeness (QED) is 0.822. The highest BCUT2D eigenvalue weighted by Crippen LogP contribution is 2.16. The summed E-state index contributed by atoms with van der Waals surface area (Å²) in [5.74, 6) is 1.15. The molecule has 0 saturated heterocycles. The van der Waals surface area contributed by atoms with Crippen LogP contribution in [0.1, 0.15) is 30.8 Å². The number of amides is 1. The summed E-state index contributed by atoms with van der Waals surface area (Å²) in [5, 5.41) is 5.93. The van der Waals surface area contributed by atoms with Crippen molar-refractivity contribution in [2.24, 2.45) is 0 Å². The Labute approximate surface area is 129 Å². The molecule has 0 aliphatic carbocycles. The highest BCUT2D eigenvalue weighted by Gasteiger charge is 2.09. The molecule has 6 heteroatoms. The Morgan fingerprint density at radius 2 is 1.95 bits per heavy atom. The van der Waals surface area contributed by atoms with Gasteiger partial charge in [-0.25, -0.2) is 9.97 Å². The van der Waals surface area contributed by atoms with E-state index in [1.54, 1.807) is 18.2 Å². The maximum absolute atomic E-state index is 12.2. The number of hydrogen-bond acceptors (Lipinski definition) is 5. The van der Waals surface area contributed by atoms with Crippen LogP contribution >= 0.6 is 0 Å². The van der Waals surface area contributed by atoms with E-state index in [9.17, 15) is 4.79 Å². The molecular weight excluding hydrogens is 280 g/mol. The summed E-state index contributed by atoms with van der Waals surface area (Å²) in [6, 6.07) is 8.85. The Kier molecular flexibility index (Phi) is 5.71. The summed E-state index contributed by atoms with van der Waals surface area (Å²) < 4.78 is 5.36. The van der Waals surface area contributed by atoms with Crippen molar-refractivity contribution in [1.82, 2.24) is 9.97 Å². The first kappa shape index (κ1) is 15.8. The van der Waals surface area contributed by atoms with Crippen LogP contribution in [-0.2, 0) is 0 Å². The van der Waals surface area contributed by atoms with Crippen molar-refractivity contribution in [3.8, 4) is 5.75 Å². The fourth-order valence-corrected chi connectivity index (χ4v) is 1.83. The summed E-state index contributed by atoms with van der Waals surface area (Å²) in [4.78, 5) is 20.3. The van der Waals surface area contributed by atoms with E-state index in [1.807, 2.05) is 19.1 Å². The second kappa shape index (κ2) is 7.97. The number of nitrogens with zero attached hydrogens (tertiary/aromatic N) is 2. The predicted molar refractivity (Wildman–Crippen MR) is 86.4 cm³/mol. The third-order valence-electron chi connectivity index (χ3n) is 2.88. The molecule has 0 aliphatic heterocycles. The minimum Gasteiger partial charge on any atom is -0.494 e. The molecule has 2 rings (SSSR count). The van der Waals surface area contributed by atoms with Crippen LogP contribution in [0.4, 0.5) is 11.5 Å². The van der Waals surface area contributed by atoms with Gasteiger partial charge in [0.1, 0.15) is 23.6 Å². The molecule has 0 atom stereocenters. The first-order valence-corrected chi connectivity index (χ1v) is 7.33. The molecule has 0 saturated carbocycles. The zero-order valence-corrected chi connectivity index (χ0v) is 12.8. The van der Waals surface area contributed by atoms with Gasteiger partial charge in [-0.15, -0.1) is 0 Å². The first-order chi connectivity index (χ1) is 10.7. The number of anilines is 2. The fraction of sp³-hybridized carbons (Fsp3) is 0.312. The molecule has 2 aromatic rings.